The normalized spacial score (nSPS) is 19.5. The Bertz CT molecular complexity index is 370. The Morgan fingerprint density at radius 2 is 2.05 bits per heavy atom. The Hall–Kier alpha value is -1.59. The highest BCUT2D eigenvalue weighted by molar-refractivity contribution is 5.89. The van der Waals surface area contributed by atoms with Crippen molar-refractivity contribution < 1.29 is 19.5 Å². The number of hydrogen-bond acceptors (Lipinski definition) is 3. The van der Waals surface area contributed by atoms with Gasteiger partial charge in [-0.3, -0.25) is 9.59 Å². The minimum Gasteiger partial charge on any atom is -0.480 e. The van der Waals surface area contributed by atoms with E-state index in [9.17, 15) is 14.4 Å². The van der Waals surface area contributed by atoms with Crippen LogP contribution in [0, 0.1) is 0 Å². The molecule has 1 heterocycles. The first-order valence-corrected chi connectivity index (χ1v) is 6.71. The molecule has 0 radical (unpaired) electrons. The van der Waals surface area contributed by atoms with Gasteiger partial charge >= 0.3 is 5.97 Å². The van der Waals surface area contributed by atoms with Crippen molar-refractivity contribution in [1.82, 2.24) is 10.2 Å². The third-order valence-corrected chi connectivity index (χ3v) is 3.60. The topological polar surface area (TPSA) is 86.7 Å². The summed E-state index contributed by atoms with van der Waals surface area (Å²) in [6, 6.07) is 0. The van der Waals surface area contributed by atoms with Crippen LogP contribution in [0.5, 0.6) is 0 Å². The van der Waals surface area contributed by atoms with Crippen LogP contribution in [0.3, 0.4) is 0 Å². The molecule has 0 aromatic carbocycles. The summed E-state index contributed by atoms with van der Waals surface area (Å²) in [6.45, 7) is 3.69. The van der Waals surface area contributed by atoms with Gasteiger partial charge in [-0.05, 0) is 26.2 Å². The molecule has 0 aromatic heterocycles. The monoisotopic (exact) mass is 270 g/mol. The van der Waals surface area contributed by atoms with Crippen molar-refractivity contribution in [2.45, 2.75) is 51.5 Å². The maximum Gasteiger partial charge on any atom is 0.329 e. The lowest BCUT2D eigenvalue weighted by Gasteiger charge is -2.27. The Balaban J connectivity index is 2.59. The highest BCUT2D eigenvalue weighted by atomic mass is 16.4. The lowest BCUT2D eigenvalue weighted by atomic mass is 9.99. The fraction of sp³-hybridized carbons (Fsp3) is 0.769. The number of rotatable bonds is 5. The molecule has 1 saturated heterocycles. The maximum atomic E-state index is 11.9. The Kier molecular flexibility index (Phi) is 5.32. The van der Waals surface area contributed by atoms with Crippen LogP contribution in [-0.2, 0) is 14.4 Å². The largest absolute Gasteiger partial charge is 0.480 e. The molecule has 2 amide bonds. The molecule has 1 atom stereocenters. The predicted molar refractivity (Wildman–Crippen MR) is 69.5 cm³/mol. The fourth-order valence-electron chi connectivity index (χ4n) is 2.02. The molecule has 108 valence electrons. The Morgan fingerprint density at radius 3 is 2.63 bits per heavy atom. The predicted octanol–water partition coefficient (Wildman–Crippen LogP) is 0.758. The summed E-state index contributed by atoms with van der Waals surface area (Å²) in [4.78, 5) is 36.2. The van der Waals surface area contributed by atoms with Gasteiger partial charge in [0.15, 0.2) is 0 Å². The molecule has 0 aliphatic carbocycles. The van der Waals surface area contributed by atoms with Crippen LogP contribution in [0.15, 0.2) is 0 Å². The highest BCUT2D eigenvalue weighted by Crippen LogP contribution is 2.12. The second-order valence-electron chi connectivity index (χ2n) is 5.16. The third-order valence-electron chi connectivity index (χ3n) is 3.60. The second kappa shape index (κ2) is 6.54. The molecule has 1 unspecified atom stereocenters. The molecular formula is C13H22N2O4. The average molecular weight is 270 g/mol. The smallest absolute Gasteiger partial charge is 0.329 e. The van der Waals surface area contributed by atoms with Crippen molar-refractivity contribution in [2.75, 3.05) is 13.1 Å². The zero-order valence-corrected chi connectivity index (χ0v) is 11.6. The van der Waals surface area contributed by atoms with E-state index in [1.165, 1.54) is 11.8 Å². The number of aliphatic carboxylic acids is 1. The number of carboxylic acids is 1. The molecule has 6 nitrogen and oxygen atoms in total. The van der Waals surface area contributed by atoms with Gasteiger partial charge in [-0.25, -0.2) is 4.79 Å². The van der Waals surface area contributed by atoms with Crippen molar-refractivity contribution in [3.63, 3.8) is 0 Å². The molecule has 1 aliphatic rings. The van der Waals surface area contributed by atoms with Crippen molar-refractivity contribution >= 4 is 17.8 Å². The van der Waals surface area contributed by atoms with E-state index >= 15 is 0 Å². The summed E-state index contributed by atoms with van der Waals surface area (Å²) in [5, 5.41) is 11.6. The first kappa shape index (κ1) is 15.5. The number of carbonyl (C=O) groups excluding carboxylic acids is 2. The van der Waals surface area contributed by atoms with Crippen LogP contribution in [0.2, 0.25) is 0 Å². The van der Waals surface area contributed by atoms with Gasteiger partial charge in [0.05, 0.1) is 6.54 Å². The van der Waals surface area contributed by atoms with Crippen molar-refractivity contribution in [3.05, 3.63) is 0 Å². The first-order chi connectivity index (χ1) is 8.89. The van der Waals surface area contributed by atoms with E-state index in [4.69, 9.17) is 5.11 Å². The van der Waals surface area contributed by atoms with Gasteiger partial charge in [-0.2, -0.15) is 0 Å². The molecule has 0 saturated carbocycles. The fourth-order valence-corrected chi connectivity index (χ4v) is 2.02. The van der Waals surface area contributed by atoms with Crippen molar-refractivity contribution in [2.24, 2.45) is 0 Å². The highest BCUT2D eigenvalue weighted by Gasteiger charge is 2.33. The molecule has 6 heteroatoms. The van der Waals surface area contributed by atoms with E-state index < -0.39 is 17.4 Å². The van der Waals surface area contributed by atoms with Gasteiger partial charge in [0.2, 0.25) is 11.8 Å². The summed E-state index contributed by atoms with van der Waals surface area (Å²) in [6.07, 6.45) is 3.51. The molecule has 0 aromatic rings. The standard InChI is InChI=1S/C13H22N2O4/c1-3-13(2,12(18)19)14-10(16)9-15-8-6-4-5-7-11(15)17/h3-9H2,1-2H3,(H,14,16)(H,18,19). The van der Waals surface area contributed by atoms with Crippen LogP contribution in [0.25, 0.3) is 0 Å². The number of nitrogens with zero attached hydrogens (tertiary/aromatic N) is 1. The van der Waals surface area contributed by atoms with E-state index in [1.807, 2.05) is 0 Å². The third kappa shape index (κ3) is 4.22. The number of carbonyl (C=O) groups is 3. The van der Waals surface area contributed by atoms with Crippen LogP contribution in [-0.4, -0.2) is 46.4 Å². The molecule has 1 aliphatic heterocycles. The van der Waals surface area contributed by atoms with Crippen LogP contribution >= 0.6 is 0 Å². The number of likely N-dealkylation sites (tertiary alicyclic amines) is 1. The van der Waals surface area contributed by atoms with Gasteiger partial charge in [-0.1, -0.05) is 13.3 Å². The summed E-state index contributed by atoms with van der Waals surface area (Å²) < 4.78 is 0. The molecule has 1 fully saturated rings. The quantitative estimate of drug-likeness (QED) is 0.772. The summed E-state index contributed by atoms with van der Waals surface area (Å²) in [5.74, 6) is -1.51. The summed E-state index contributed by atoms with van der Waals surface area (Å²) in [7, 11) is 0. The SMILES string of the molecule is CCC(C)(NC(=O)CN1CCCCCC1=O)C(=O)O. The Morgan fingerprint density at radius 1 is 1.37 bits per heavy atom. The number of amides is 2. The first-order valence-electron chi connectivity index (χ1n) is 6.71. The lowest BCUT2D eigenvalue weighted by molar-refractivity contribution is -0.147. The molecule has 2 N–H and O–H groups in total. The van der Waals surface area contributed by atoms with Crippen LogP contribution in [0.1, 0.15) is 46.0 Å². The van der Waals surface area contributed by atoms with Crippen LogP contribution in [0.4, 0.5) is 0 Å². The minimum absolute atomic E-state index is 0.0267. The average Bonchev–Trinajstić information content (AvgIpc) is 2.54. The van der Waals surface area contributed by atoms with E-state index in [2.05, 4.69) is 5.32 Å². The Labute approximate surface area is 113 Å². The molecule has 1 rings (SSSR count). The summed E-state index contributed by atoms with van der Waals surface area (Å²) >= 11 is 0. The zero-order chi connectivity index (χ0) is 14.5. The van der Waals surface area contributed by atoms with E-state index in [0.717, 1.165) is 19.3 Å². The zero-order valence-electron chi connectivity index (χ0n) is 11.6. The van der Waals surface area contributed by atoms with Gasteiger partial charge in [0, 0.05) is 13.0 Å². The van der Waals surface area contributed by atoms with E-state index in [1.54, 1.807) is 6.92 Å². The number of nitrogens with one attached hydrogen (secondary N) is 1. The van der Waals surface area contributed by atoms with Crippen LogP contribution < -0.4 is 5.32 Å². The van der Waals surface area contributed by atoms with Gasteiger partial charge < -0.3 is 15.3 Å². The molecular weight excluding hydrogens is 248 g/mol. The molecule has 0 bridgehead atoms. The molecule has 19 heavy (non-hydrogen) atoms. The van der Waals surface area contributed by atoms with Gasteiger partial charge in [0.1, 0.15) is 5.54 Å². The van der Waals surface area contributed by atoms with Crippen molar-refractivity contribution in [1.29, 1.82) is 0 Å². The maximum absolute atomic E-state index is 11.9. The summed E-state index contributed by atoms with van der Waals surface area (Å²) in [5.41, 5.74) is -1.27. The molecule has 0 spiro atoms. The minimum atomic E-state index is -1.27. The van der Waals surface area contributed by atoms with Crippen molar-refractivity contribution in [3.8, 4) is 0 Å². The number of hydrogen-bond donors (Lipinski definition) is 2. The van der Waals surface area contributed by atoms with E-state index in [-0.39, 0.29) is 12.5 Å². The van der Waals surface area contributed by atoms with E-state index in [0.29, 0.717) is 19.4 Å². The van der Waals surface area contributed by atoms with Gasteiger partial charge in [-0.15, -0.1) is 0 Å². The van der Waals surface area contributed by atoms with Gasteiger partial charge in [0.25, 0.3) is 0 Å². The number of carboxylic acid groups (broad SMARTS) is 1. The second-order valence-corrected chi connectivity index (χ2v) is 5.16. The lowest BCUT2D eigenvalue weighted by Crippen LogP contribution is -2.54.